The van der Waals surface area contributed by atoms with Crippen LogP contribution in [0.15, 0.2) is 18.2 Å². The van der Waals surface area contributed by atoms with Crippen LogP contribution >= 0.6 is 11.6 Å². The zero-order valence-corrected chi connectivity index (χ0v) is 13.8. The van der Waals surface area contributed by atoms with E-state index in [9.17, 15) is 14.7 Å². The van der Waals surface area contributed by atoms with Crippen LogP contribution < -0.4 is 20.1 Å². The highest BCUT2D eigenvalue weighted by Gasteiger charge is 2.27. The van der Waals surface area contributed by atoms with Gasteiger partial charge in [0.25, 0.3) is 0 Å². The van der Waals surface area contributed by atoms with Gasteiger partial charge in [-0.3, -0.25) is 4.79 Å². The van der Waals surface area contributed by atoms with Gasteiger partial charge >= 0.3 is 0 Å². The van der Waals surface area contributed by atoms with E-state index < -0.39 is 12.0 Å². The van der Waals surface area contributed by atoms with E-state index in [0.29, 0.717) is 16.5 Å². The number of anilines is 1. The Labute approximate surface area is 140 Å². The van der Waals surface area contributed by atoms with E-state index in [2.05, 4.69) is 5.32 Å². The molecule has 0 saturated carbocycles. The molecule has 0 radical (unpaired) electrons. The molecule has 1 aliphatic rings. The number of ether oxygens (including phenoxy) is 1. The second kappa shape index (κ2) is 8.17. The Morgan fingerprint density at radius 3 is 2.61 bits per heavy atom. The molecule has 1 aliphatic heterocycles. The molecule has 2 rings (SSSR count). The first-order valence-corrected chi connectivity index (χ1v) is 8.08. The number of quaternary nitrogens is 1. The van der Waals surface area contributed by atoms with Gasteiger partial charge in [-0.15, -0.1) is 0 Å². The molecule has 1 aromatic rings. The lowest BCUT2D eigenvalue weighted by atomic mass is 10.1. The van der Waals surface area contributed by atoms with Crippen molar-refractivity contribution in [1.82, 2.24) is 0 Å². The highest BCUT2D eigenvalue weighted by atomic mass is 35.5. The van der Waals surface area contributed by atoms with Gasteiger partial charge in [-0.25, -0.2) is 0 Å². The van der Waals surface area contributed by atoms with Crippen LogP contribution in [0.5, 0.6) is 5.75 Å². The summed E-state index contributed by atoms with van der Waals surface area (Å²) in [6.45, 7) is 1.53. The molecule has 1 aromatic carbocycles. The lowest BCUT2D eigenvalue weighted by Gasteiger charge is -2.31. The van der Waals surface area contributed by atoms with Crippen molar-refractivity contribution in [3.8, 4) is 5.75 Å². The number of amides is 1. The first-order valence-electron chi connectivity index (χ1n) is 7.70. The van der Waals surface area contributed by atoms with Crippen LogP contribution in [0, 0.1) is 0 Å². The standard InChI is InChI=1S/C16H21ClN2O4/c1-23-14-6-5-11(9-12(14)17)18-15(20)10-13(16(21)22)19-7-3-2-4-8-19/h5-6,9,13H,2-4,7-8,10H2,1H3,(H,18,20)(H,21,22)/t13-/m1/s1. The molecule has 0 unspecified atom stereocenters. The number of carboxylic acids is 1. The quantitative estimate of drug-likeness (QED) is 0.755. The monoisotopic (exact) mass is 340 g/mol. The van der Waals surface area contributed by atoms with Crippen LogP contribution in [0.3, 0.4) is 0 Å². The number of halogens is 1. The van der Waals surface area contributed by atoms with Gasteiger partial charge in [-0.05, 0) is 37.5 Å². The van der Waals surface area contributed by atoms with Crippen LogP contribution in [0.25, 0.3) is 0 Å². The van der Waals surface area contributed by atoms with Gasteiger partial charge in [0, 0.05) is 5.69 Å². The zero-order chi connectivity index (χ0) is 16.8. The Morgan fingerprint density at radius 2 is 2.04 bits per heavy atom. The minimum atomic E-state index is -1.18. The molecule has 1 heterocycles. The lowest BCUT2D eigenvalue weighted by Crippen LogP contribution is -3.18. The predicted molar refractivity (Wildman–Crippen MR) is 84.6 cm³/mol. The maximum Gasteiger partial charge on any atom is 0.230 e. The van der Waals surface area contributed by atoms with E-state index >= 15 is 0 Å². The van der Waals surface area contributed by atoms with E-state index in [1.54, 1.807) is 18.2 Å². The molecule has 2 N–H and O–H groups in total. The van der Waals surface area contributed by atoms with Crippen molar-refractivity contribution < 1.29 is 24.3 Å². The molecule has 0 aliphatic carbocycles. The molecule has 6 nitrogen and oxygen atoms in total. The topological polar surface area (TPSA) is 82.9 Å². The van der Waals surface area contributed by atoms with E-state index in [1.165, 1.54) is 7.11 Å². The minimum absolute atomic E-state index is 0.110. The zero-order valence-electron chi connectivity index (χ0n) is 13.1. The Morgan fingerprint density at radius 1 is 1.35 bits per heavy atom. The Hall–Kier alpha value is -1.79. The van der Waals surface area contributed by atoms with E-state index in [-0.39, 0.29) is 12.3 Å². The van der Waals surface area contributed by atoms with Crippen molar-refractivity contribution in [1.29, 1.82) is 0 Å². The number of rotatable bonds is 6. The number of methoxy groups -OCH3 is 1. The number of carboxylic acid groups (broad SMARTS) is 1. The maximum absolute atomic E-state index is 12.1. The summed E-state index contributed by atoms with van der Waals surface area (Å²) >= 11 is 6.01. The summed E-state index contributed by atoms with van der Waals surface area (Å²) in [5.41, 5.74) is 0.506. The fraction of sp³-hybridized carbons (Fsp3) is 0.500. The number of nitrogens with one attached hydrogen (secondary N) is 2. The Balaban J connectivity index is 1.98. The molecule has 0 aromatic heterocycles. The van der Waals surface area contributed by atoms with Crippen LogP contribution in [0.4, 0.5) is 5.69 Å². The molecular weight excluding hydrogens is 320 g/mol. The van der Waals surface area contributed by atoms with Crippen LogP contribution in [0.1, 0.15) is 25.7 Å². The third-order valence-electron chi connectivity index (χ3n) is 4.10. The first-order chi connectivity index (χ1) is 11.0. The number of likely N-dealkylation sites (tertiary alicyclic amines) is 1. The molecule has 23 heavy (non-hydrogen) atoms. The fourth-order valence-electron chi connectivity index (χ4n) is 2.89. The maximum atomic E-state index is 12.1. The highest BCUT2D eigenvalue weighted by molar-refractivity contribution is 6.32. The van der Waals surface area contributed by atoms with Crippen molar-refractivity contribution in [3.05, 3.63) is 23.2 Å². The number of aliphatic carboxylic acids is 1. The number of benzene rings is 1. The number of hydrogen-bond acceptors (Lipinski definition) is 4. The van der Waals surface area contributed by atoms with Gasteiger partial charge in [0.1, 0.15) is 11.8 Å². The van der Waals surface area contributed by atoms with E-state index in [1.807, 2.05) is 0 Å². The summed E-state index contributed by atoms with van der Waals surface area (Å²) in [4.78, 5) is 24.4. The molecular formula is C16H21ClN2O4. The van der Waals surface area contributed by atoms with Gasteiger partial charge in [0.2, 0.25) is 5.91 Å². The van der Waals surface area contributed by atoms with Gasteiger partial charge in [0.05, 0.1) is 37.6 Å². The summed E-state index contributed by atoms with van der Waals surface area (Å²) in [6, 6.07) is 4.05. The highest BCUT2D eigenvalue weighted by Crippen LogP contribution is 2.27. The fourth-order valence-corrected chi connectivity index (χ4v) is 3.15. The minimum Gasteiger partial charge on any atom is -0.544 e. The SMILES string of the molecule is COc1ccc(NC(=O)C[C@H](C(=O)[O-])[NH+]2CCCCC2)cc1Cl. The summed E-state index contributed by atoms with van der Waals surface area (Å²) in [5, 5.41) is 14.4. The summed E-state index contributed by atoms with van der Waals surface area (Å²) in [6.07, 6.45) is 2.96. The lowest BCUT2D eigenvalue weighted by molar-refractivity contribution is -0.922. The summed E-state index contributed by atoms with van der Waals surface area (Å²) in [7, 11) is 1.51. The smallest absolute Gasteiger partial charge is 0.230 e. The molecule has 1 saturated heterocycles. The average molecular weight is 341 g/mol. The van der Waals surface area contributed by atoms with Gasteiger partial charge < -0.3 is 24.9 Å². The second-order valence-corrected chi connectivity index (χ2v) is 6.10. The summed E-state index contributed by atoms with van der Waals surface area (Å²) in [5.74, 6) is -1.03. The van der Waals surface area contributed by atoms with Gasteiger partial charge in [-0.1, -0.05) is 11.6 Å². The van der Waals surface area contributed by atoms with Crippen LogP contribution in [0.2, 0.25) is 5.02 Å². The van der Waals surface area contributed by atoms with Crippen LogP contribution in [-0.4, -0.2) is 38.1 Å². The Kier molecular flexibility index (Phi) is 6.24. The second-order valence-electron chi connectivity index (χ2n) is 5.69. The number of piperidine rings is 1. The number of carbonyl (C=O) groups is 2. The number of carbonyl (C=O) groups excluding carboxylic acids is 2. The van der Waals surface area contributed by atoms with E-state index in [4.69, 9.17) is 16.3 Å². The first kappa shape index (κ1) is 17.6. The molecule has 1 amide bonds. The van der Waals surface area contributed by atoms with Crippen molar-refractivity contribution in [3.63, 3.8) is 0 Å². The molecule has 7 heteroatoms. The van der Waals surface area contributed by atoms with E-state index in [0.717, 1.165) is 37.3 Å². The average Bonchev–Trinajstić information content (AvgIpc) is 2.53. The predicted octanol–water partition coefficient (Wildman–Crippen LogP) is -0.135. The Bertz CT molecular complexity index is 573. The number of hydrogen-bond donors (Lipinski definition) is 2. The third kappa shape index (κ3) is 4.84. The van der Waals surface area contributed by atoms with Crippen molar-refractivity contribution >= 4 is 29.2 Å². The third-order valence-corrected chi connectivity index (χ3v) is 4.39. The van der Waals surface area contributed by atoms with Crippen LogP contribution in [-0.2, 0) is 9.59 Å². The van der Waals surface area contributed by atoms with Crippen molar-refractivity contribution in [2.45, 2.75) is 31.7 Å². The van der Waals surface area contributed by atoms with Crippen molar-refractivity contribution in [2.75, 3.05) is 25.5 Å². The largest absolute Gasteiger partial charge is 0.544 e. The molecule has 1 fully saturated rings. The molecule has 0 bridgehead atoms. The normalized spacial score (nSPS) is 16.6. The molecule has 126 valence electrons. The summed E-state index contributed by atoms with van der Waals surface area (Å²) < 4.78 is 5.05. The molecule has 1 atom stereocenters. The van der Waals surface area contributed by atoms with Crippen molar-refractivity contribution in [2.24, 2.45) is 0 Å². The van der Waals surface area contributed by atoms with Gasteiger partial charge in [0.15, 0.2) is 0 Å². The molecule has 0 spiro atoms. The van der Waals surface area contributed by atoms with Gasteiger partial charge in [-0.2, -0.15) is 0 Å².